The summed E-state index contributed by atoms with van der Waals surface area (Å²) >= 11 is 0. The van der Waals surface area contributed by atoms with Gasteiger partial charge in [0.25, 0.3) is 0 Å². The molecule has 0 saturated heterocycles. The van der Waals surface area contributed by atoms with E-state index in [-0.39, 0.29) is 0 Å². The minimum atomic E-state index is 1.21. The van der Waals surface area contributed by atoms with Crippen LogP contribution in [0.25, 0.3) is 60.2 Å². The van der Waals surface area contributed by atoms with Crippen molar-refractivity contribution in [2.24, 2.45) is 0 Å². The van der Waals surface area contributed by atoms with E-state index in [1.807, 2.05) is 0 Å². The summed E-state index contributed by atoms with van der Waals surface area (Å²) in [4.78, 5) is 0. The summed E-state index contributed by atoms with van der Waals surface area (Å²) in [6.07, 6.45) is 0. The van der Waals surface area contributed by atoms with Crippen molar-refractivity contribution in [2.45, 2.75) is 0 Å². The Labute approximate surface area is 228 Å². The zero-order valence-electron chi connectivity index (χ0n) is 21.5. The van der Waals surface area contributed by atoms with Crippen LogP contribution in [0, 0.1) is 0 Å². The van der Waals surface area contributed by atoms with Crippen LogP contribution in [-0.2, 0) is 0 Å². The molecule has 8 aromatic rings. The average molecular weight is 498 g/mol. The van der Waals surface area contributed by atoms with Crippen molar-refractivity contribution in [1.82, 2.24) is 4.57 Å². The molecule has 1 heterocycles. The van der Waals surface area contributed by atoms with Crippen molar-refractivity contribution < 1.29 is 0 Å². The van der Waals surface area contributed by atoms with Crippen molar-refractivity contribution in [3.8, 4) is 16.8 Å². The van der Waals surface area contributed by atoms with E-state index in [1.165, 1.54) is 60.2 Å². The Kier molecular flexibility index (Phi) is 5.88. The molecule has 0 saturated carbocycles. The predicted molar refractivity (Wildman–Crippen MR) is 168 cm³/mol. The molecule has 0 aliphatic carbocycles. The molecule has 1 aromatic heterocycles. The molecule has 0 radical (unpaired) electrons. The Bertz CT molecular complexity index is 2000. The number of fused-ring (bicyclic) bond motifs is 6. The van der Waals surface area contributed by atoms with E-state index in [1.54, 1.807) is 0 Å². The molecule has 7 aromatic carbocycles. The Morgan fingerprint density at radius 1 is 0.333 bits per heavy atom. The van der Waals surface area contributed by atoms with E-state index < -0.39 is 0 Å². The number of para-hydroxylation sites is 3. The van der Waals surface area contributed by atoms with Gasteiger partial charge in [-0.1, -0.05) is 133 Å². The maximum Gasteiger partial charge on any atom is 0.0541 e. The molecule has 0 aliphatic rings. The van der Waals surface area contributed by atoms with Crippen LogP contribution in [0.4, 0.5) is 0 Å². The quantitative estimate of drug-likeness (QED) is 0.209. The zero-order chi connectivity index (χ0) is 26.0. The van der Waals surface area contributed by atoms with Crippen molar-refractivity contribution in [2.75, 3.05) is 0 Å². The lowest BCUT2D eigenvalue weighted by atomic mass is 9.93. The van der Waals surface area contributed by atoms with Crippen molar-refractivity contribution >= 4 is 43.4 Å². The van der Waals surface area contributed by atoms with Crippen molar-refractivity contribution in [3.05, 3.63) is 164 Å². The summed E-state index contributed by atoms with van der Waals surface area (Å²) in [5.41, 5.74) is 6.30. The van der Waals surface area contributed by atoms with Gasteiger partial charge in [0.05, 0.1) is 11.0 Å². The second-order valence-corrected chi connectivity index (χ2v) is 9.76. The predicted octanol–water partition coefficient (Wildman–Crippen LogP) is 10.4. The molecular weight excluding hydrogens is 470 g/mol. The van der Waals surface area contributed by atoms with E-state index in [9.17, 15) is 0 Å². The first-order valence-corrected chi connectivity index (χ1v) is 13.4. The molecule has 1 nitrogen and oxygen atoms in total. The Balaban J connectivity index is 0.000000130. The molecule has 1 heteroatoms. The summed E-state index contributed by atoms with van der Waals surface area (Å²) in [6.45, 7) is 0. The third-order valence-corrected chi connectivity index (χ3v) is 7.45. The molecular formula is C38H27N. The van der Waals surface area contributed by atoms with Gasteiger partial charge in [0.2, 0.25) is 0 Å². The van der Waals surface area contributed by atoms with E-state index in [4.69, 9.17) is 0 Å². The standard InChI is InChI=1S/C20H14.C18H13N/c1-2-8-15(9-3-1)20-14-16-10-4-5-11-17(16)18-12-6-7-13-19(18)20;1-2-8-14(9-3-1)19-17-12-6-4-10-15(17)16-11-5-7-13-18(16)19/h1-14H;1-13H. The van der Waals surface area contributed by atoms with Gasteiger partial charge in [0.15, 0.2) is 0 Å². The number of aromatic nitrogens is 1. The van der Waals surface area contributed by atoms with Crippen LogP contribution in [0.2, 0.25) is 0 Å². The SMILES string of the molecule is c1ccc(-c2cc3ccccc3c3ccccc23)cc1.c1ccc(-n2c3ccccc3c3ccccc32)cc1. The van der Waals surface area contributed by atoms with Crippen LogP contribution in [0.5, 0.6) is 0 Å². The molecule has 39 heavy (non-hydrogen) atoms. The van der Waals surface area contributed by atoms with Gasteiger partial charge in [-0.05, 0) is 63.0 Å². The Hall–Kier alpha value is -5.14. The van der Waals surface area contributed by atoms with E-state index >= 15 is 0 Å². The van der Waals surface area contributed by atoms with Crippen LogP contribution < -0.4 is 0 Å². The maximum absolute atomic E-state index is 2.32. The van der Waals surface area contributed by atoms with Crippen LogP contribution in [0.3, 0.4) is 0 Å². The monoisotopic (exact) mass is 497 g/mol. The highest BCUT2D eigenvalue weighted by Gasteiger charge is 2.10. The molecule has 0 amide bonds. The lowest BCUT2D eigenvalue weighted by molar-refractivity contribution is 1.18. The molecule has 0 spiro atoms. The number of rotatable bonds is 2. The average Bonchev–Trinajstić information content (AvgIpc) is 3.36. The van der Waals surface area contributed by atoms with Crippen LogP contribution in [-0.4, -0.2) is 4.57 Å². The molecule has 8 rings (SSSR count). The van der Waals surface area contributed by atoms with E-state index in [2.05, 4.69) is 168 Å². The largest absolute Gasteiger partial charge is 0.309 e. The molecule has 0 N–H and O–H groups in total. The molecule has 0 bridgehead atoms. The summed E-state index contributed by atoms with van der Waals surface area (Å²) in [7, 11) is 0. The van der Waals surface area contributed by atoms with E-state index in [0.29, 0.717) is 0 Å². The Morgan fingerprint density at radius 3 is 1.44 bits per heavy atom. The topological polar surface area (TPSA) is 4.93 Å². The minimum Gasteiger partial charge on any atom is -0.309 e. The van der Waals surface area contributed by atoms with Gasteiger partial charge < -0.3 is 4.57 Å². The van der Waals surface area contributed by atoms with Gasteiger partial charge in [-0.2, -0.15) is 0 Å². The molecule has 0 atom stereocenters. The van der Waals surface area contributed by atoms with Crippen LogP contribution in [0.1, 0.15) is 0 Å². The highest BCUT2D eigenvalue weighted by atomic mass is 15.0. The normalized spacial score (nSPS) is 11.1. The van der Waals surface area contributed by atoms with Gasteiger partial charge in [-0.3, -0.25) is 0 Å². The van der Waals surface area contributed by atoms with Crippen LogP contribution in [0.15, 0.2) is 164 Å². The van der Waals surface area contributed by atoms with Gasteiger partial charge >= 0.3 is 0 Å². The highest BCUT2D eigenvalue weighted by molar-refractivity contribution is 6.13. The lowest BCUT2D eigenvalue weighted by Crippen LogP contribution is -1.92. The first kappa shape index (κ1) is 23.0. The van der Waals surface area contributed by atoms with E-state index in [0.717, 1.165) is 0 Å². The van der Waals surface area contributed by atoms with Gasteiger partial charge in [0, 0.05) is 16.5 Å². The third kappa shape index (κ3) is 4.15. The smallest absolute Gasteiger partial charge is 0.0541 e. The molecule has 184 valence electrons. The summed E-state index contributed by atoms with van der Waals surface area (Å²) in [5.74, 6) is 0. The van der Waals surface area contributed by atoms with Crippen molar-refractivity contribution in [1.29, 1.82) is 0 Å². The first-order chi connectivity index (χ1) is 19.4. The second-order valence-electron chi connectivity index (χ2n) is 9.76. The minimum absolute atomic E-state index is 1.21. The fourth-order valence-corrected chi connectivity index (χ4v) is 5.69. The summed E-state index contributed by atoms with van der Waals surface area (Å²) in [5, 5.41) is 7.87. The second kappa shape index (κ2) is 9.96. The van der Waals surface area contributed by atoms with Gasteiger partial charge in [-0.15, -0.1) is 0 Å². The fraction of sp³-hybridized carbons (Fsp3) is 0. The Morgan fingerprint density at radius 2 is 0.795 bits per heavy atom. The first-order valence-electron chi connectivity index (χ1n) is 13.4. The highest BCUT2D eigenvalue weighted by Crippen LogP contribution is 2.35. The summed E-state index contributed by atoms with van der Waals surface area (Å²) in [6, 6.07) is 57.8. The number of hydrogen-bond acceptors (Lipinski definition) is 0. The lowest BCUT2D eigenvalue weighted by Gasteiger charge is -2.10. The van der Waals surface area contributed by atoms with Gasteiger partial charge in [-0.25, -0.2) is 0 Å². The molecule has 0 aliphatic heterocycles. The van der Waals surface area contributed by atoms with Gasteiger partial charge in [0.1, 0.15) is 0 Å². The fourth-order valence-electron chi connectivity index (χ4n) is 5.69. The zero-order valence-corrected chi connectivity index (χ0v) is 21.5. The number of hydrogen-bond donors (Lipinski definition) is 0. The maximum atomic E-state index is 2.32. The third-order valence-electron chi connectivity index (χ3n) is 7.45. The summed E-state index contributed by atoms with van der Waals surface area (Å²) < 4.78 is 2.32. The number of benzene rings is 7. The van der Waals surface area contributed by atoms with Crippen molar-refractivity contribution in [3.63, 3.8) is 0 Å². The molecule has 0 unspecified atom stereocenters. The van der Waals surface area contributed by atoms with Crippen LogP contribution >= 0.6 is 0 Å². The number of nitrogens with zero attached hydrogens (tertiary/aromatic N) is 1. The molecule has 0 fully saturated rings.